The summed E-state index contributed by atoms with van der Waals surface area (Å²) in [5, 5.41) is 2.67. The Labute approximate surface area is 189 Å². The van der Waals surface area contributed by atoms with Crippen LogP contribution in [0.15, 0.2) is 53.4 Å². The zero-order valence-corrected chi connectivity index (χ0v) is 20.1. The van der Waals surface area contributed by atoms with E-state index in [0.29, 0.717) is 11.3 Å². The van der Waals surface area contributed by atoms with Gasteiger partial charge >= 0.3 is 0 Å². The predicted octanol–water partition coefficient (Wildman–Crippen LogP) is 1.51. The topological polar surface area (TPSA) is 131 Å². The second kappa shape index (κ2) is 10.9. The van der Waals surface area contributed by atoms with Crippen LogP contribution >= 0.6 is 0 Å². The summed E-state index contributed by atoms with van der Waals surface area (Å²) in [6.07, 6.45) is 0. The van der Waals surface area contributed by atoms with E-state index in [4.69, 9.17) is 4.74 Å². The van der Waals surface area contributed by atoms with E-state index in [-0.39, 0.29) is 23.2 Å². The summed E-state index contributed by atoms with van der Waals surface area (Å²) >= 11 is 0. The van der Waals surface area contributed by atoms with Gasteiger partial charge in [0.1, 0.15) is 5.75 Å². The molecular formula is C21H29N3O6S2. The number of hydrogen-bond acceptors (Lipinski definition) is 6. The molecule has 32 heavy (non-hydrogen) atoms. The number of rotatable bonds is 11. The van der Waals surface area contributed by atoms with Crippen LogP contribution in [0.4, 0.5) is 0 Å². The van der Waals surface area contributed by atoms with Crippen LogP contribution in [-0.4, -0.2) is 41.9 Å². The van der Waals surface area contributed by atoms with Gasteiger partial charge in [0, 0.05) is 12.6 Å². The Morgan fingerprint density at radius 3 is 1.97 bits per heavy atom. The maximum absolute atomic E-state index is 12.5. The first kappa shape index (κ1) is 25.8. The van der Waals surface area contributed by atoms with E-state index in [1.807, 2.05) is 0 Å². The summed E-state index contributed by atoms with van der Waals surface area (Å²) in [5.74, 6) is -0.105. The quantitative estimate of drug-likeness (QED) is 0.444. The molecule has 0 saturated heterocycles. The minimum Gasteiger partial charge on any atom is -0.497 e. The molecule has 0 aromatic heterocycles. The molecule has 0 aliphatic heterocycles. The fourth-order valence-corrected chi connectivity index (χ4v) is 5.46. The monoisotopic (exact) mass is 483 g/mol. The smallest absolute Gasteiger partial charge is 0.241 e. The summed E-state index contributed by atoms with van der Waals surface area (Å²) in [7, 11) is -5.81. The van der Waals surface area contributed by atoms with E-state index in [2.05, 4.69) is 14.8 Å². The maximum atomic E-state index is 12.5. The van der Waals surface area contributed by atoms with Crippen molar-refractivity contribution in [3.63, 3.8) is 0 Å². The lowest BCUT2D eigenvalue weighted by Crippen LogP contribution is -2.44. The van der Waals surface area contributed by atoms with Gasteiger partial charge in [-0.15, -0.1) is 0 Å². The second-order valence-electron chi connectivity index (χ2n) is 7.58. The van der Waals surface area contributed by atoms with E-state index in [9.17, 15) is 21.6 Å². The van der Waals surface area contributed by atoms with Crippen LogP contribution in [0.1, 0.15) is 31.9 Å². The Morgan fingerprint density at radius 2 is 1.44 bits per heavy atom. The number of sulfonamides is 2. The highest BCUT2D eigenvalue weighted by molar-refractivity contribution is 7.89. The molecule has 2 rings (SSSR count). The number of carbonyl (C=O) groups is 1. The Balaban J connectivity index is 1.91. The molecule has 1 atom stereocenters. The third kappa shape index (κ3) is 7.90. The standard InChI is InChI=1S/C21H29N3O6S2/c1-15(2)23-31(26,27)14-18-7-5-17(6-8-18)13-22-21(25)16(3)24-32(28,29)20-11-9-19(30-4)10-12-20/h5-12,15-16,23-24H,13-14H2,1-4H3,(H,22,25)/t16-/m0/s1. The van der Waals surface area contributed by atoms with Gasteiger partial charge in [0.15, 0.2) is 0 Å². The first-order chi connectivity index (χ1) is 14.9. The zero-order chi connectivity index (χ0) is 23.9. The predicted molar refractivity (Wildman–Crippen MR) is 122 cm³/mol. The average Bonchev–Trinajstić information content (AvgIpc) is 2.71. The highest BCUT2D eigenvalue weighted by Crippen LogP contribution is 2.15. The first-order valence-corrected chi connectivity index (χ1v) is 13.1. The molecule has 2 aromatic carbocycles. The molecule has 9 nitrogen and oxygen atoms in total. The minimum absolute atomic E-state index is 0.0236. The van der Waals surface area contributed by atoms with Crippen molar-refractivity contribution >= 4 is 26.0 Å². The number of carbonyl (C=O) groups excluding carboxylic acids is 1. The molecule has 176 valence electrons. The number of amides is 1. The Hall–Kier alpha value is -2.47. The van der Waals surface area contributed by atoms with E-state index < -0.39 is 32.0 Å². The largest absolute Gasteiger partial charge is 0.497 e. The van der Waals surface area contributed by atoms with Gasteiger partial charge in [0.25, 0.3) is 0 Å². The molecule has 0 spiro atoms. The van der Waals surface area contributed by atoms with E-state index in [1.54, 1.807) is 38.1 Å². The third-order valence-electron chi connectivity index (χ3n) is 4.36. The van der Waals surface area contributed by atoms with Crippen LogP contribution < -0.4 is 19.5 Å². The highest BCUT2D eigenvalue weighted by atomic mass is 32.2. The van der Waals surface area contributed by atoms with Gasteiger partial charge in [-0.1, -0.05) is 24.3 Å². The van der Waals surface area contributed by atoms with Crippen LogP contribution in [0.5, 0.6) is 5.75 Å². The molecule has 0 fully saturated rings. The van der Waals surface area contributed by atoms with Crippen molar-refractivity contribution in [1.82, 2.24) is 14.8 Å². The van der Waals surface area contributed by atoms with Crippen LogP contribution in [-0.2, 0) is 37.1 Å². The molecule has 3 N–H and O–H groups in total. The van der Waals surface area contributed by atoms with E-state index in [0.717, 1.165) is 5.56 Å². The fraction of sp³-hybridized carbons (Fsp3) is 0.381. The lowest BCUT2D eigenvalue weighted by atomic mass is 10.1. The summed E-state index contributed by atoms with van der Waals surface area (Å²) < 4.78 is 58.8. The van der Waals surface area contributed by atoms with Crippen molar-refractivity contribution in [3.05, 3.63) is 59.7 Å². The SMILES string of the molecule is COc1ccc(S(=O)(=O)N[C@@H](C)C(=O)NCc2ccc(CS(=O)(=O)NC(C)C)cc2)cc1. The maximum Gasteiger partial charge on any atom is 0.241 e. The van der Waals surface area contributed by atoms with E-state index in [1.165, 1.54) is 38.3 Å². The molecule has 1 amide bonds. The minimum atomic E-state index is -3.87. The molecule has 0 unspecified atom stereocenters. The fourth-order valence-electron chi connectivity index (χ4n) is 2.82. The summed E-state index contributed by atoms with van der Waals surface area (Å²) in [6.45, 7) is 5.12. The number of methoxy groups -OCH3 is 1. The summed E-state index contributed by atoms with van der Waals surface area (Å²) in [6, 6.07) is 11.4. The van der Waals surface area contributed by atoms with Crippen molar-refractivity contribution < 1.29 is 26.4 Å². The average molecular weight is 484 g/mol. The Bertz CT molecular complexity index is 1110. The summed E-state index contributed by atoms with van der Waals surface area (Å²) in [5.41, 5.74) is 1.37. The molecular weight excluding hydrogens is 454 g/mol. The number of benzene rings is 2. The molecule has 0 heterocycles. The highest BCUT2D eigenvalue weighted by Gasteiger charge is 2.22. The second-order valence-corrected chi connectivity index (χ2v) is 11.1. The molecule has 0 saturated carbocycles. The molecule has 0 radical (unpaired) electrons. The third-order valence-corrected chi connectivity index (χ3v) is 7.46. The van der Waals surface area contributed by atoms with Crippen molar-refractivity contribution in [3.8, 4) is 5.75 Å². The molecule has 2 aromatic rings. The number of ether oxygens (including phenoxy) is 1. The van der Waals surface area contributed by atoms with Gasteiger partial charge < -0.3 is 10.1 Å². The van der Waals surface area contributed by atoms with Crippen LogP contribution in [0.3, 0.4) is 0 Å². The number of nitrogens with one attached hydrogen (secondary N) is 3. The molecule has 11 heteroatoms. The van der Waals surface area contributed by atoms with Gasteiger partial charge in [-0.2, -0.15) is 4.72 Å². The lowest BCUT2D eigenvalue weighted by Gasteiger charge is -2.15. The van der Waals surface area contributed by atoms with Crippen molar-refractivity contribution in [2.24, 2.45) is 0 Å². The van der Waals surface area contributed by atoms with Crippen molar-refractivity contribution in [2.75, 3.05) is 7.11 Å². The van der Waals surface area contributed by atoms with Gasteiger partial charge in [0.2, 0.25) is 26.0 Å². The van der Waals surface area contributed by atoms with Crippen LogP contribution in [0.2, 0.25) is 0 Å². The van der Waals surface area contributed by atoms with Crippen molar-refractivity contribution in [2.45, 2.75) is 50.0 Å². The van der Waals surface area contributed by atoms with E-state index >= 15 is 0 Å². The summed E-state index contributed by atoms with van der Waals surface area (Å²) in [4.78, 5) is 12.4. The molecule has 0 bridgehead atoms. The van der Waals surface area contributed by atoms with Gasteiger partial charge in [-0.25, -0.2) is 21.6 Å². The Kier molecular flexibility index (Phi) is 8.79. The Morgan fingerprint density at radius 1 is 0.875 bits per heavy atom. The van der Waals surface area contributed by atoms with Crippen LogP contribution in [0.25, 0.3) is 0 Å². The number of hydrogen-bond donors (Lipinski definition) is 3. The molecule has 0 aliphatic rings. The lowest BCUT2D eigenvalue weighted by molar-refractivity contribution is -0.122. The van der Waals surface area contributed by atoms with Crippen molar-refractivity contribution in [1.29, 1.82) is 0 Å². The van der Waals surface area contributed by atoms with Crippen LogP contribution in [0, 0.1) is 0 Å². The first-order valence-electron chi connectivity index (χ1n) is 9.94. The normalized spacial score (nSPS) is 13.0. The zero-order valence-electron chi connectivity index (χ0n) is 18.5. The van der Waals surface area contributed by atoms with Gasteiger partial charge in [0.05, 0.1) is 23.8 Å². The van der Waals surface area contributed by atoms with Gasteiger partial charge in [-0.05, 0) is 56.2 Å². The van der Waals surface area contributed by atoms with Gasteiger partial charge in [-0.3, -0.25) is 4.79 Å². The molecule has 0 aliphatic carbocycles.